The van der Waals surface area contributed by atoms with Crippen LogP contribution in [0.25, 0.3) is 0 Å². The standard InChI is InChI=1S/C10H15NO3/c1-2-14-9-5-3-4-7(10(9)13)8(11)6-12/h3-5,8,12-13H,2,6,11H2,1H3/t8-/m1/s1. The van der Waals surface area contributed by atoms with Crippen LogP contribution >= 0.6 is 0 Å². The summed E-state index contributed by atoms with van der Waals surface area (Å²) < 4.78 is 5.18. The number of hydrogen-bond donors (Lipinski definition) is 3. The largest absolute Gasteiger partial charge is 0.504 e. The number of rotatable bonds is 4. The third kappa shape index (κ3) is 2.16. The first-order valence-electron chi connectivity index (χ1n) is 4.51. The molecule has 0 aliphatic heterocycles. The summed E-state index contributed by atoms with van der Waals surface area (Å²) in [5, 5.41) is 18.6. The number of ether oxygens (including phenoxy) is 1. The molecule has 1 aromatic rings. The van der Waals surface area contributed by atoms with Crippen LogP contribution in [-0.2, 0) is 0 Å². The Kier molecular flexibility index (Phi) is 3.73. The van der Waals surface area contributed by atoms with Gasteiger partial charge in [-0.15, -0.1) is 0 Å². The van der Waals surface area contributed by atoms with E-state index in [9.17, 15) is 5.11 Å². The van der Waals surface area contributed by atoms with E-state index < -0.39 is 6.04 Å². The van der Waals surface area contributed by atoms with Crippen molar-refractivity contribution in [1.82, 2.24) is 0 Å². The molecule has 0 aromatic heterocycles. The Labute approximate surface area is 82.9 Å². The van der Waals surface area contributed by atoms with Gasteiger partial charge in [0.05, 0.1) is 19.3 Å². The molecule has 4 heteroatoms. The third-order valence-electron chi connectivity index (χ3n) is 1.93. The fourth-order valence-corrected chi connectivity index (χ4v) is 1.21. The van der Waals surface area contributed by atoms with Crippen LogP contribution in [0.2, 0.25) is 0 Å². The predicted molar refractivity (Wildman–Crippen MR) is 53.3 cm³/mol. The second kappa shape index (κ2) is 4.83. The van der Waals surface area contributed by atoms with Crippen molar-refractivity contribution < 1.29 is 14.9 Å². The van der Waals surface area contributed by atoms with Crippen LogP contribution in [0.4, 0.5) is 0 Å². The molecule has 1 aromatic carbocycles. The fraction of sp³-hybridized carbons (Fsp3) is 0.400. The molecular formula is C10H15NO3. The highest BCUT2D eigenvalue weighted by atomic mass is 16.5. The van der Waals surface area contributed by atoms with Crippen molar-refractivity contribution in [1.29, 1.82) is 0 Å². The van der Waals surface area contributed by atoms with Crippen LogP contribution in [0.1, 0.15) is 18.5 Å². The molecule has 0 fully saturated rings. The number of nitrogens with two attached hydrogens (primary N) is 1. The van der Waals surface area contributed by atoms with Crippen LogP contribution in [0.3, 0.4) is 0 Å². The van der Waals surface area contributed by atoms with Gasteiger partial charge in [-0.05, 0) is 13.0 Å². The van der Waals surface area contributed by atoms with E-state index in [1.54, 1.807) is 18.2 Å². The highest BCUT2D eigenvalue weighted by Gasteiger charge is 2.13. The summed E-state index contributed by atoms with van der Waals surface area (Å²) in [4.78, 5) is 0. The van der Waals surface area contributed by atoms with Crippen molar-refractivity contribution in [2.45, 2.75) is 13.0 Å². The Hall–Kier alpha value is -1.26. The molecule has 1 rings (SSSR count). The number of aliphatic hydroxyl groups excluding tert-OH is 1. The van der Waals surface area contributed by atoms with E-state index in [4.69, 9.17) is 15.6 Å². The Morgan fingerprint density at radius 2 is 2.21 bits per heavy atom. The second-order valence-corrected chi connectivity index (χ2v) is 2.92. The molecule has 1 atom stereocenters. The molecule has 78 valence electrons. The van der Waals surface area contributed by atoms with Gasteiger partial charge in [0.15, 0.2) is 11.5 Å². The Balaban J connectivity index is 3.00. The smallest absolute Gasteiger partial charge is 0.162 e. The molecule has 0 amide bonds. The minimum absolute atomic E-state index is 0.0101. The molecule has 4 N–H and O–H groups in total. The van der Waals surface area contributed by atoms with Crippen LogP contribution in [0, 0.1) is 0 Å². The zero-order valence-electron chi connectivity index (χ0n) is 8.10. The van der Waals surface area contributed by atoms with Gasteiger partial charge in [0.1, 0.15) is 0 Å². The van der Waals surface area contributed by atoms with Crippen LogP contribution in [0.5, 0.6) is 11.5 Å². The monoisotopic (exact) mass is 197 g/mol. The molecule has 14 heavy (non-hydrogen) atoms. The van der Waals surface area contributed by atoms with Crippen molar-refractivity contribution in [2.75, 3.05) is 13.2 Å². The summed E-state index contributed by atoms with van der Waals surface area (Å²) in [5.41, 5.74) is 6.09. The third-order valence-corrected chi connectivity index (χ3v) is 1.93. The minimum atomic E-state index is -0.574. The lowest BCUT2D eigenvalue weighted by Gasteiger charge is -2.13. The van der Waals surface area contributed by atoms with Gasteiger partial charge >= 0.3 is 0 Å². The van der Waals surface area contributed by atoms with E-state index in [0.717, 1.165) is 0 Å². The molecular weight excluding hydrogens is 182 g/mol. The molecule has 0 bridgehead atoms. The molecule has 0 aliphatic rings. The van der Waals surface area contributed by atoms with Gasteiger partial charge in [-0.2, -0.15) is 0 Å². The molecule has 0 aliphatic carbocycles. The van der Waals surface area contributed by atoms with Gasteiger partial charge in [-0.25, -0.2) is 0 Å². The van der Waals surface area contributed by atoms with Gasteiger partial charge in [-0.1, -0.05) is 12.1 Å². The molecule has 0 heterocycles. The van der Waals surface area contributed by atoms with Gasteiger partial charge in [0.2, 0.25) is 0 Å². The van der Waals surface area contributed by atoms with Crippen molar-refractivity contribution in [3.63, 3.8) is 0 Å². The van der Waals surface area contributed by atoms with Crippen LogP contribution < -0.4 is 10.5 Å². The minimum Gasteiger partial charge on any atom is -0.504 e. The Morgan fingerprint density at radius 3 is 2.79 bits per heavy atom. The number of aromatic hydroxyl groups is 1. The lowest BCUT2D eigenvalue weighted by molar-refractivity contribution is 0.262. The van der Waals surface area contributed by atoms with Gasteiger partial charge in [-0.3, -0.25) is 0 Å². The molecule has 0 unspecified atom stereocenters. The highest BCUT2D eigenvalue weighted by molar-refractivity contribution is 5.46. The second-order valence-electron chi connectivity index (χ2n) is 2.92. The van der Waals surface area contributed by atoms with Crippen molar-refractivity contribution in [3.05, 3.63) is 23.8 Å². The van der Waals surface area contributed by atoms with Crippen molar-refractivity contribution >= 4 is 0 Å². The normalized spacial score (nSPS) is 12.5. The number of aliphatic hydroxyl groups is 1. The lowest BCUT2D eigenvalue weighted by atomic mass is 10.1. The highest BCUT2D eigenvalue weighted by Crippen LogP contribution is 2.32. The molecule has 0 saturated carbocycles. The summed E-state index contributed by atoms with van der Waals surface area (Å²) in [6.45, 7) is 2.10. The Morgan fingerprint density at radius 1 is 1.50 bits per heavy atom. The zero-order chi connectivity index (χ0) is 10.6. The van der Waals surface area contributed by atoms with Crippen molar-refractivity contribution in [3.8, 4) is 11.5 Å². The first kappa shape index (κ1) is 10.8. The first-order chi connectivity index (χ1) is 6.70. The topological polar surface area (TPSA) is 75.7 Å². The maximum absolute atomic E-state index is 9.71. The lowest BCUT2D eigenvalue weighted by Crippen LogP contribution is -2.14. The zero-order valence-corrected chi connectivity index (χ0v) is 8.10. The number of hydrogen-bond acceptors (Lipinski definition) is 4. The van der Waals surface area contributed by atoms with Crippen LogP contribution in [-0.4, -0.2) is 23.4 Å². The van der Waals surface area contributed by atoms with E-state index in [0.29, 0.717) is 17.9 Å². The van der Waals surface area contributed by atoms with E-state index in [2.05, 4.69) is 0 Å². The van der Waals surface area contributed by atoms with Crippen molar-refractivity contribution in [2.24, 2.45) is 5.73 Å². The molecule has 0 saturated heterocycles. The molecule has 0 radical (unpaired) electrons. The predicted octanol–water partition coefficient (Wildman–Crippen LogP) is 0.783. The van der Waals surface area contributed by atoms with E-state index in [-0.39, 0.29) is 12.4 Å². The number of phenols is 1. The van der Waals surface area contributed by atoms with E-state index >= 15 is 0 Å². The molecule has 4 nitrogen and oxygen atoms in total. The van der Waals surface area contributed by atoms with Gasteiger partial charge in [0.25, 0.3) is 0 Å². The van der Waals surface area contributed by atoms with Gasteiger partial charge in [0, 0.05) is 5.56 Å². The number of para-hydroxylation sites is 1. The maximum Gasteiger partial charge on any atom is 0.162 e. The number of benzene rings is 1. The van der Waals surface area contributed by atoms with Gasteiger partial charge < -0.3 is 20.7 Å². The SMILES string of the molecule is CCOc1cccc([C@H](N)CO)c1O. The van der Waals surface area contributed by atoms with E-state index in [1.807, 2.05) is 6.92 Å². The average Bonchev–Trinajstić information content (AvgIpc) is 2.20. The fourth-order valence-electron chi connectivity index (χ4n) is 1.21. The summed E-state index contributed by atoms with van der Waals surface area (Å²) in [7, 11) is 0. The summed E-state index contributed by atoms with van der Waals surface area (Å²) in [6, 6.07) is 4.48. The van der Waals surface area contributed by atoms with Crippen LogP contribution in [0.15, 0.2) is 18.2 Å². The number of phenolic OH excluding ortho intramolecular Hbond substituents is 1. The quantitative estimate of drug-likeness (QED) is 0.666. The summed E-state index contributed by atoms with van der Waals surface area (Å²) >= 11 is 0. The van der Waals surface area contributed by atoms with E-state index in [1.165, 1.54) is 0 Å². The Bertz CT molecular complexity index is 301. The molecule has 0 spiro atoms. The summed E-state index contributed by atoms with van der Waals surface area (Å²) in [5.74, 6) is 0.407. The average molecular weight is 197 g/mol. The summed E-state index contributed by atoms with van der Waals surface area (Å²) in [6.07, 6.45) is 0. The first-order valence-corrected chi connectivity index (χ1v) is 4.51. The maximum atomic E-state index is 9.71.